The number of benzene rings is 3. The molecule has 190 valence electrons. The van der Waals surface area contributed by atoms with E-state index in [0.29, 0.717) is 11.0 Å². The number of nitrogens with one attached hydrogen (secondary N) is 1. The lowest BCUT2D eigenvalue weighted by Gasteiger charge is -2.14. The molecule has 1 heterocycles. The van der Waals surface area contributed by atoms with Gasteiger partial charge in [0.1, 0.15) is 40.2 Å². The van der Waals surface area contributed by atoms with Gasteiger partial charge in [0, 0.05) is 11.1 Å². The number of rotatable bonds is 8. The summed E-state index contributed by atoms with van der Waals surface area (Å²) in [6, 6.07) is 13.9. The first kappa shape index (κ1) is 25.8. The van der Waals surface area contributed by atoms with Crippen LogP contribution in [0.5, 0.6) is 0 Å². The first-order valence-corrected chi connectivity index (χ1v) is 12.3. The number of carbonyl (C=O) groups is 2. The van der Waals surface area contributed by atoms with Gasteiger partial charge in [-0.3, -0.25) is 9.59 Å². The predicted octanol–water partition coefficient (Wildman–Crippen LogP) is 3.12. The Balaban J connectivity index is 1.85. The van der Waals surface area contributed by atoms with Crippen molar-refractivity contribution in [3.05, 3.63) is 95.3 Å². The number of amidine groups is 1. The lowest BCUT2D eigenvalue weighted by atomic mass is 9.89. The van der Waals surface area contributed by atoms with Gasteiger partial charge in [0.15, 0.2) is 11.6 Å². The average Bonchev–Trinajstić information content (AvgIpc) is 3.27. The summed E-state index contributed by atoms with van der Waals surface area (Å²) in [4.78, 5) is 33.3. The fourth-order valence-electron chi connectivity index (χ4n) is 3.57. The molecule has 0 aliphatic heterocycles. The lowest BCUT2D eigenvalue weighted by molar-refractivity contribution is 0.0855. The molecule has 12 heteroatoms. The van der Waals surface area contributed by atoms with Gasteiger partial charge in [-0.2, -0.15) is 8.42 Å². The van der Waals surface area contributed by atoms with E-state index in [1.807, 2.05) is 0 Å². The Morgan fingerprint density at radius 2 is 1.68 bits per heavy atom. The van der Waals surface area contributed by atoms with Gasteiger partial charge in [-0.15, -0.1) is 4.40 Å². The van der Waals surface area contributed by atoms with Crippen LogP contribution in [0.2, 0.25) is 0 Å². The van der Waals surface area contributed by atoms with Crippen LogP contribution in [-0.2, 0) is 10.0 Å². The van der Waals surface area contributed by atoms with E-state index in [1.54, 1.807) is 24.3 Å². The highest BCUT2D eigenvalue weighted by molar-refractivity contribution is 7.90. The molecule has 0 aliphatic rings. The summed E-state index contributed by atoms with van der Waals surface area (Å²) in [6.45, 7) is 1.17. The third kappa shape index (κ3) is 5.29. The Labute approximate surface area is 209 Å². The van der Waals surface area contributed by atoms with Crippen LogP contribution in [0.1, 0.15) is 39.4 Å². The van der Waals surface area contributed by atoms with Crippen LogP contribution < -0.4 is 5.73 Å². The minimum Gasteiger partial charge on any atom is -0.385 e. The van der Waals surface area contributed by atoms with Crippen molar-refractivity contribution < 1.29 is 31.9 Å². The smallest absolute Gasteiger partial charge is 0.286 e. The molecule has 0 radical (unpaired) electrons. The third-order valence-electron chi connectivity index (χ3n) is 5.46. The largest absolute Gasteiger partial charge is 0.385 e. The number of Topliss-reactive ketones (excluding diaryl/α,β-unsaturated/α-hetero) is 2. The van der Waals surface area contributed by atoms with E-state index in [1.165, 1.54) is 19.1 Å². The number of aromatic amines is 1. The van der Waals surface area contributed by atoms with E-state index in [-0.39, 0.29) is 17.0 Å². The number of aromatic nitrogens is 2. The topological polar surface area (TPSA) is 156 Å². The summed E-state index contributed by atoms with van der Waals surface area (Å²) in [5.74, 6) is -6.05. The van der Waals surface area contributed by atoms with Gasteiger partial charge in [0.25, 0.3) is 10.0 Å². The SMILES string of the molecule is C[C@@H](O)C(N)=NS(=O)(=O)c1cc(C(=O)C(C(=O)c2cccc(F)c2)c2nc3ccccc3[nH]2)ccc1F. The molecule has 3 aromatic carbocycles. The van der Waals surface area contributed by atoms with Gasteiger partial charge >= 0.3 is 0 Å². The van der Waals surface area contributed by atoms with Gasteiger partial charge < -0.3 is 15.8 Å². The highest BCUT2D eigenvalue weighted by atomic mass is 32.2. The molecule has 4 N–H and O–H groups in total. The molecule has 0 aliphatic carbocycles. The van der Waals surface area contributed by atoms with Crippen molar-refractivity contribution >= 4 is 38.5 Å². The summed E-state index contributed by atoms with van der Waals surface area (Å²) >= 11 is 0. The second kappa shape index (κ2) is 9.99. The van der Waals surface area contributed by atoms with E-state index >= 15 is 0 Å². The molecule has 4 aromatic rings. The number of para-hydroxylation sites is 2. The molecule has 0 amide bonds. The Morgan fingerprint density at radius 3 is 2.32 bits per heavy atom. The first-order chi connectivity index (χ1) is 17.5. The first-order valence-electron chi connectivity index (χ1n) is 10.8. The minimum absolute atomic E-state index is 0.0643. The van der Waals surface area contributed by atoms with Crippen molar-refractivity contribution in [2.75, 3.05) is 0 Å². The maximum Gasteiger partial charge on any atom is 0.286 e. The van der Waals surface area contributed by atoms with Crippen molar-refractivity contribution in [1.29, 1.82) is 0 Å². The van der Waals surface area contributed by atoms with Gasteiger partial charge in [0.2, 0.25) is 0 Å². The second-order valence-electron chi connectivity index (χ2n) is 8.12. The number of hydrogen-bond donors (Lipinski definition) is 3. The van der Waals surface area contributed by atoms with Crippen LogP contribution in [0.15, 0.2) is 76.0 Å². The summed E-state index contributed by atoms with van der Waals surface area (Å²) in [7, 11) is -4.76. The highest BCUT2D eigenvalue weighted by Gasteiger charge is 2.34. The van der Waals surface area contributed by atoms with E-state index in [0.717, 1.165) is 30.3 Å². The Morgan fingerprint density at radius 1 is 1.00 bits per heavy atom. The number of carbonyl (C=O) groups excluding carboxylic acids is 2. The number of H-pyrrole nitrogens is 1. The quantitative estimate of drug-likeness (QED) is 0.138. The van der Waals surface area contributed by atoms with Crippen LogP contribution in [0.4, 0.5) is 8.78 Å². The zero-order valence-electron chi connectivity index (χ0n) is 19.2. The molecular weight excluding hydrogens is 506 g/mol. The zero-order valence-corrected chi connectivity index (χ0v) is 20.0. The van der Waals surface area contributed by atoms with Gasteiger partial charge in [-0.25, -0.2) is 13.8 Å². The summed E-state index contributed by atoms with van der Waals surface area (Å²) in [5, 5.41) is 9.45. The number of nitrogens with zero attached hydrogens (tertiary/aromatic N) is 2. The van der Waals surface area contributed by atoms with Gasteiger partial charge in [-0.1, -0.05) is 24.3 Å². The van der Waals surface area contributed by atoms with Crippen LogP contribution in [0.3, 0.4) is 0 Å². The molecule has 0 fully saturated rings. The Bertz CT molecular complexity index is 1630. The van der Waals surface area contributed by atoms with Crippen LogP contribution in [0, 0.1) is 11.6 Å². The van der Waals surface area contributed by atoms with Gasteiger partial charge in [-0.05, 0) is 49.4 Å². The molecule has 37 heavy (non-hydrogen) atoms. The predicted molar refractivity (Wildman–Crippen MR) is 131 cm³/mol. The number of imidazole rings is 1. The van der Waals surface area contributed by atoms with Crippen LogP contribution in [-0.4, -0.2) is 47.0 Å². The molecule has 9 nitrogen and oxygen atoms in total. The van der Waals surface area contributed by atoms with Crippen LogP contribution in [0.25, 0.3) is 11.0 Å². The number of aliphatic hydroxyl groups is 1. The number of hydrogen-bond acceptors (Lipinski definition) is 6. The second-order valence-corrected chi connectivity index (χ2v) is 9.70. The number of nitrogens with two attached hydrogens (primary N) is 1. The van der Waals surface area contributed by atoms with Crippen molar-refractivity contribution in [3.8, 4) is 0 Å². The molecule has 2 atom stereocenters. The van der Waals surface area contributed by atoms with E-state index in [4.69, 9.17) is 5.73 Å². The summed E-state index contributed by atoms with van der Waals surface area (Å²) < 4.78 is 56.9. The minimum atomic E-state index is -4.76. The number of sulfonamides is 1. The zero-order chi connectivity index (χ0) is 26.9. The average molecular weight is 527 g/mol. The van der Waals surface area contributed by atoms with Crippen molar-refractivity contribution in [1.82, 2.24) is 9.97 Å². The fourth-order valence-corrected chi connectivity index (χ4v) is 4.69. The van der Waals surface area contributed by atoms with Crippen molar-refractivity contribution in [2.24, 2.45) is 10.1 Å². The van der Waals surface area contributed by atoms with E-state index in [2.05, 4.69) is 14.4 Å². The highest BCUT2D eigenvalue weighted by Crippen LogP contribution is 2.28. The Hall–Kier alpha value is -4.29. The summed E-state index contributed by atoms with van der Waals surface area (Å²) in [5.41, 5.74) is 5.91. The monoisotopic (exact) mass is 526 g/mol. The molecule has 0 bridgehead atoms. The van der Waals surface area contributed by atoms with Crippen LogP contribution >= 0.6 is 0 Å². The van der Waals surface area contributed by atoms with Gasteiger partial charge in [0.05, 0.1) is 11.0 Å². The standard InChI is InChI=1S/C25H20F2N4O5S/c1-13(32)24(28)31-37(35,36)20-12-15(9-10-17(20)27)23(34)21(22(33)14-5-4-6-16(26)11-14)25-29-18-7-2-3-8-19(18)30-25/h2-13,21,32H,1H3,(H2,28,31)(H,29,30)/t13-,21?/m1/s1. The lowest BCUT2D eigenvalue weighted by Crippen LogP contribution is -2.27. The maximum absolute atomic E-state index is 14.5. The third-order valence-corrected chi connectivity index (χ3v) is 6.78. The maximum atomic E-state index is 14.5. The number of halogens is 2. The Kier molecular flexibility index (Phi) is 6.96. The number of fused-ring (bicyclic) bond motifs is 1. The molecule has 0 spiro atoms. The normalized spacial score (nSPS) is 13.9. The fraction of sp³-hybridized carbons (Fsp3) is 0.120. The molecule has 4 rings (SSSR count). The van der Waals surface area contributed by atoms with E-state index in [9.17, 15) is 31.9 Å². The van der Waals surface area contributed by atoms with Crippen molar-refractivity contribution in [3.63, 3.8) is 0 Å². The molecule has 1 unspecified atom stereocenters. The van der Waals surface area contributed by atoms with E-state index < -0.39 is 56.0 Å². The number of aliphatic hydroxyl groups excluding tert-OH is 1. The molecular formula is C25H20F2N4O5S. The van der Waals surface area contributed by atoms with Crippen molar-refractivity contribution in [2.45, 2.75) is 23.8 Å². The molecule has 0 saturated carbocycles. The summed E-state index contributed by atoms with van der Waals surface area (Å²) in [6.07, 6.45) is -1.43. The molecule has 1 aromatic heterocycles. The molecule has 0 saturated heterocycles. The number of ketones is 2.